The van der Waals surface area contributed by atoms with Crippen molar-refractivity contribution in [2.75, 3.05) is 7.11 Å². The van der Waals surface area contributed by atoms with Gasteiger partial charge in [0, 0.05) is 5.54 Å². The van der Waals surface area contributed by atoms with Gasteiger partial charge in [-0.1, -0.05) is 0 Å². The van der Waals surface area contributed by atoms with Crippen molar-refractivity contribution >= 4 is 26.0 Å². The van der Waals surface area contributed by atoms with Gasteiger partial charge in [0.05, 0.1) is 16.5 Å². The molecule has 0 saturated heterocycles. The number of halogens is 1. The Kier molecular flexibility index (Phi) is 3.71. The quantitative estimate of drug-likeness (QED) is 0.921. The fourth-order valence-electron chi connectivity index (χ4n) is 2.01. The van der Waals surface area contributed by atoms with Crippen molar-refractivity contribution in [1.82, 2.24) is 4.72 Å². The highest BCUT2D eigenvalue weighted by atomic mass is 79.9. The lowest BCUT2D eigenvalue weighted by atomic mass is 9.80. The van der Waals surface area contributed by atoms with Crippen LogP contribution < -0.4 is 9.46 Å². The van der Waals surface area contributed by atoms with E-state index in [2.05, 4.69) is 20.7 Å². The molecule has 0 unspecified atom stereocenters. The van der Waals surface area contributed by atoms with E-state index in [0.29, 0.717) is 10.2 Å². The van der Waals surface area contributed by atoms with Crippen LogP contribution in [0.3, 0.4) is 0 Å². The molecule has 1 aromatic rings. The molecule has 4 nitrogen and oxygen atoms in total. The van der Waals surface area contributed by atoms with Crippen LogP contribution in [0.15, 0.2) is 27.6 Å². The van der Waals surface area contributed by atoms with E-state index in [1.54, 1.807) is 25.3 Å². The lowest BCUT2D eigenvalue weighted by Gasteiger charge is -2.38. The summed E-state index contributed by atoms with van der Waals surface area (Å²) < 4.78 is 32.9. The molecule has 0 atom stereocenters. The van der Waals surface area contributed by atoms with Crippen molar-refractivity contribution in [2.24, 2.45) is 0 Å². The molecule has 2 rings (SSSR count). The predicted molar refractivity (Wildman–Crippen MR) is 73.3 cm³/mol. The van der Waals surface area contributed by atoms with Crippen LogP contribution in [0.1, 0.15) is 26.2 Å². The topological polar surface area (TPSA) is 55.4 Å². The SMILES string of the molecule is COc1ccc(S(=O)(=O)NC2(C)CCC2)cc1Br. The molecule has 1 saturated carbocycles. The van der Waals surface area contributed by atoms with Crippen LogP contribution >= 0.6 is 15.9 Å². The zero-order valence-corrected chi connectivity index (χ0v) is 12.8. The second-order valence-corrected chi connectivity index (χ2v) is 7.35. The van der Waals surface area contributed by atoms with Gasteiger partial charge in [0.2, 0.25) is 10.0 Å². The van der Waals surface area contributed by atoms with Crippen molar-refractivity contribution in [2.45, 2.75) is 36.6 Å². The Morgan fingerprint density at radius 1 is 1.39 bits per heavy atom. The molecule has 18 heavy (non-hydrogen) atoms. The van der Waals surface area contributed by atoms with E-state index in [4.69, 9.17) is 4.74 Å². The molecule has 1 aliphatic carbocycles. The summed E-state index contributed by atoms with van der Waals surface area (Å²) in [5.74, 6) is 0.615. The lowest BCUT2D eigenvalue weighted by Crippen LogP contribution is -2.50. The van der Waals surface area contributed by atoms with Gasteiger partial charge < -0.3 is 4.74 Å². The van der Waals surface area contributed by atoms with E-state index in [-0.39, 0.29) is 10.4 Å². The molecule has 1 aliphatic rings. The van der Waals surface area contributed by atoms with E-state index < -0.39 is 10.0 Å². The first-order valence-corrected chi connectivity index (χ1v) is 8.01. The van der Waals surface area contributed by atoms with Crippen LogP contribution in [0.25, 0.3) is 0 Å². The summed E-state index contributed by atoms with van der Waals surface area (Å²) in [7, 11) is -1.92. The number of hydrogen-bond donors (Lipinski definition) is 1. The molecule has 1 N–H and O–H groups in total. The molecule has 0 spiro atoms. The highest BCUT2D eigenvalue weighted by Gasteiger charge is 2.36. The number of rotatable bonds is 4. The van der Waals surface area contributed by atoms with Gasteiger partial charge in [-0.2, -0.15) is 0 Å². The van der Waals surface area contributed by atoms with Gasteiger partial charge in [-0.05, 0) is 60.3 Å². The van der Waals surface area contributed by atoms with Gasteiger partial charge in [-0.25, -0.2) is 13.1 Å². The summed E-state index contributed by atoms with van der Waals surface area (Å²) in [5.41, 5.74) is -0.286. The average molecular weight is 334 g/mol. The number of benzene rings is 1. The second-order valence-electron chi connectivity index (χ2n) is 4.82. The summed E-state index contributed by atoms with van der Waals surface area (Å²) in [6.07, 6.45) is 2.86. The van der Waals surface area contributed by atoms with E-state index in [9.17, 15) is 8.42 Å². The summed E-state index contributed by atoms with van der Waals surface area (Å²) in [6, 6.07) is 4.75. The zero-order chi connectivity index (χ0) is 13.4. The van der Waals surface area contributed by atoms with Gasteiger partial charge in [0.25, 0.3) is 0 Å². The molecule has 0 radical (unpaired) electrons. The monoisotopic (exact) mass is 333 g/mol. The van der Waals surface area contributed by atoms with Crippen molar-refractivity contribution in [3.8, 4) is 5.75 Å². The molecule has 1 aromatic carbocycles. The number of sulfonamides is 1. The van der Waals surface area contributed by atoms with Crippen LogP contribution in [0, 0.1) is 0 Å². The highest BCUT2D eigenvalue weighted by Crippen LogP contribution is 2.33. The van der Waals surface area contributed by atoms with Gasteiger partial charge in [-0.3, -0.25) is 0 Å². The zero-order valence-electron chi connectivity index (χ0n) is 10.4. The second kappa shape index (κ2) is 4.83. The summed E-state index contributed by atoms with van der Waals surface area (Å²) in [4.78, 5) is 0.253. The Labute approximate surface area is 116 Å². The molecule has 1 fully saturated rings. The van der Waals surface area contributed by atoms with E-state index in [1.165, 1.54) is 0 Å². The normalized spacial score (nSPS) is 18.2. The first-order chi connectivity index (χ1) is 8.36. The molecule has 0 bridgehead atoms. The Bertz CT molecular complexity index is 552. The fraction of sp³-hybridized carbons (Fsp3) is 0.500. The smallest absolute Gasteiger partial charge is 0.241 e. The lowest BCUT2D eigenvalue weighted by molar-refractivity contribution is 0.248. The van der Waals surface area contributed by atoms with Gasteiger partial charge in [0.1, 0.15) is 5.75 Å². The van der Waals surface area contributed by atoms with E-state index in [0.717, 1.165) is 19.3 Å². The standard InChI is InChI=1S/C12H16BrNO3S/c1-12(6-3-7-12)14-18(15,16)9-4-5-11(17-2)10(13)8-9/h4-5,8,14H,3,6-7H2,1-2H3. The number of hydrogen-bond acceptors (Lipinski definition) is 3. The molecule has 100 valence electrons. The third-order valence-corrected chi connectivity index (χ3v) is 5.53. The Morgan fingerprint density at radius 3 is 2.50 bits per heavy atom. The minimum atomic E-state index is -3.46. The molecule has 0 amide bonds. The van der Waals surface area contributed by atoms with Crippen molar-refractivity contribution in [3.05, 3.63) is 22.7 Å². The first kappa shape index (κ1) is 13.8. The number of ether oxygens (including phenoxy) is 1. The first-order valence-electron chi connectivity index (χ1n) is 5.74. The van der Waals surface area contributed by atoms with Crippen molar-refractivity contribution < 1.29 is 13.2 Å². The maximum Gasteiger partial charge on any atom is 0.241 e. The third-order valence-electron chi connectivity index (χ3n) is 3.27. The van der Waals surface area contributed by atoms with Crippen LogP contribution in [0.2, 0.25) is 0 Å². The van der Waals surface area contributed by atoms with Crippen molar-refractivity contribution in [3.63, 3.8) is 0 Å². The minimum Gasteiger partial charge on any atom is -0.496 e. The molecular formula is C12H16BrNO3S. The maximum atomic E-state index is 12.2. The average Bonchev–Trinajstić information content (AvgIpc) is 2.26. The number of nitrogens with one attached hydrogen (secondary N) is 1. The maximum absolute atomic E-state index is 12.2. The highest BCUT2D eigenvalue weighted by molar-refractivity contribution is 9.10. The van der Waals surface area contributed by atoms with Gasteiger partial charge >= 0.3 is 0 Å². The van der Waals surface area contributed by atoms with Gasteiger partial charge in [0.15, 0.2) is 0 Å². The Balaban J connectivity index is 2.27. The van der Waals surface area contributed by atoms with E-state index >= 15 is 0 Å². The van der Waals surface area contributed by atoms with Crippen molar-refractivity contribution in [1.29, 1.82) is 0 Å². The van der Waals surface area contributed by atoms with Crippen LogP contribution in [-0.2, 0) is 10.0 Å². The van der Waals surface area contributed by atoms with Crippen LogP contribution in [0.5, 0.6) is 5.75 Å². The van der Waals surface area contributed by atoms with E-state index in [1.807, 2.05) is 6.92 Å². The molecule has 0 heterocycles. The van der Waals surface area contributed by atoms with Crippen LogP contribution in [0.4, 0.5) is 0 Å². The fourth-order valence-corrected chi connectivity index (χ4v) is 4.19. The Hall–Kier alpha value is -0.590. The summed E-state index contributed by atoms with van der Waals surface area (Å²) in [5, 5.41) is 0. The largest absolute Gasteiger partial charge is 0.496 e. The summed E-state index contributed by atoms with van der Waals surface area (Å²) >= 11 is 3.29. The van der Waals surface area contributed by atoms with Crippen LogP contribution in [-0.4, -0.2) is 21.1 Å². The summed E-state index contributed by atoms with van der Waals surface area (Å²) in [6.45, 7) is 1.94. The molecule has 0 aromatic heterocycles. The molecular weight excluding hydrogens is 318 g/mol. The molecule has 6 heteroatoms. The minimum absolute atomic E-state index is 0.253. The van der Waals surface area contributed by atoms with Gasteiger partial charge in [-0.15, -0.1) is 0 Å². The number of methoxy groups -OCH3 is 1. The Morgan fingerprint density at radius 2 is 2.06 bits per heavy atom. The third kappa shape index (κ3) is 2.70. The predicted octanol–water partition coefficient (Wildman–Crippen LogP) is 2.68. The molecule has 0 aliphatic heterocycles.